The van der Waals surface area contributed by atoms with Crippen LogP contribution in [0, 0.1) is 20.8 Å². The Bertz CT molecular complexity index is 2350. The molecule has 0 saturated heterocycles. The van der Waals surface area contributed by atoms with Gasteiger partial charge in [0.25, 0.3) is 0 Å². The molecule has 6 rings (SSSR count). The molecule has 2 radical (unpaired) electrons. The summed E-state index contributed by atoms with van der Waals surface area (Å²) in [5, 5.41) is 9.88. The van der Waals surface area contributed by atoms with Crippen molar-refractivity contribution < 1.29 is 19.1 Å². The quantitative estimate of drug-likeness (QED) is 0.0625. The van der Waals surface area contributed by atoms with Crippen LogP contribution in [0.4, 0.5) is 0 Å². The molecular formula is C45H55BN8O4. The first-order chi connectivity index (χ1) is 28.1. The molecule has 58 heavy (non-hydrogen) atoms. The van der Waals surface area contributed by atoms with Gasteiger partial charge in [-0.15, -0.1) is 0 Å². The molecule has 2 aromatic carbocycles. The van der Waals surface area contributed by atoms with Crippen LogP contribution in [0.25, 0.3) is 33.8 Å². The van der Waals surface area contributed by atoms with Gasteiger partial charge in [0.05, 0.1) is 45.3 Å². The maximum absolute atomic E-state index is 13.3. The molecule has 0 aliphatic heterocycles. The Kier molecular flexibility index (Phi) is 13.8. The number of hydrogen-bond donors (Lipinski definition) is 0. The van der Waals surface area contributed by atoms with Gasteiger partial charge in [-0.25, -0.2) is 19.0 Å². The third-order valence-electron chi connectivity index (χ3n) is 10.5. The lowest BCUT2D eigenvalue weighted by molar-refractivity contribution is -0.130. The van der Waals surface area contributed by atoms with Crippen LogP contribution in [0.15, 0.2) is 60.7 Å². The van der Waals surface area contributed by atoms with Crippen LogP contribution in [0.2, 0.25) is 6.32 Å². The molecule has 0 spiro atoms. The second-order valence-corrected chi connectivity index (χ2v) is 14.5. The summed E-state index contributed by atoms with van der Waals surface area (Å²) < 4.78 is 15.9. The molecule has 0 saturated carbocycles. The molecule has 0 aliphatic rings. The van der Waals surface area contributed by atoms with Gasteiger partial charge < -0.3 is 19.3 Å². The average Bonchev–Trinajstić information content (AvgIpc) is 3.76. The second-order valence-electron chi connectivity index (χ2n) is 14.5. The van der Waals surface area contributed by atoms with Crippen molar-refractivity contribution in [2.75, 3.05) is 39.4 Å². The van der Waals surface area contributed by atoms with E-state index in [2.05, 4.69) is 0 Å². The molecule has 4 aromatic heterocycles. The maximum atomic E-state index is 13.3. The monoisotopic (exact) mass is 782 g/mol. The molecule has 0 atom stereocenters. The van der Waals surface area contributed by atoms with Crippen LogP contribution >= 0.6 is 0 Å². The molecule has 6 aromatic rings. The summed E-state index contributed by atoms with van der Waals surface area (Å²) in [4.78, 5) is 39.8. The van der Waals surface area contributed by atoms with Crippen LogP contribution in [0.3, 0.4) is 0 Å². The number of carbonyl (C=O) groups is 2. The Morgan fingerprint density at radius 3 is 1.52 bits per heavy atom. The molecule has 4 heterocycles. The summed E-state index contributed by atoms with van der Waals surface area (Å²) in [6.07, 6.45) is 3.21. The fourth-order valence-corrected chi connectivity index (χ4v) is 7.42. The van der Waals surface area contributed by atoms with E-state index in [1.807, 2.05) is 128 Å². The average molecular weight is 783 g/mol. The Morgan fingerprint density at radius 2 is 1.07 bits per heavy atom. The highest BCUT2D eigenvalue weighted by molar-refractivity contribution is 6.08. The van der Waals surface area contributed by atoms with E-state index in [1.54, 1.807) is 0 Å². The molecule has 0 N–H and O–H groups in total. The zero-order valence-electron chi connectivity index (χ0n) is 35.0. The highest BCUT2D eigenvalue weighted by Crippen LogP contribution is 2.31. The first-order valence-electron chi connectivity index (χ1n) is 20.5. The number of aromatic nitrogens is 6. The standard InChI is InChI=1S/C45H55BN8O4/c1-8-51(9-2)40(55)28-38-42(49-53-32(7)26-30(5)47-44(38)53)33-14-18-36(19-15-33)57-24-12-13-25-58-37-20-16-34(17-21-37)43-39(29-41(56)52(10-3)11-4)45-48-31(6)27-35(22-23-46)54(45)50-43/h14-21,26-27H,8-13,22-25,28-29H2,1-7H3. The number of unbranched alkanes of at least 4 members (excludes halogenated alkanes) is 1. The highest BCUT2D eigenvalue weighted by atomic mass is 16.5. The zero-order chi connectivity index (χ0) is 41.3. The Balaban J connectivity index is 1.06. The molecular weight excluding hydrogens is 727 g/mol. The summed E-state index contributed by atoms with van der Waals surface area (Å²) >= 11 is 0. The van der Waals surface area contributed by atoms with Gasteiger partial charge in [-0.3, -0.25) is 9.59 Å². The van der Waals surface area contributed by atoms with Crippen LogP contribution in [-0.4, -0.2) is 98.0 Å². The van der Waals surface area contributed by atoms with Crippen molar-refractivity contribution in [1.82, 2.24) is 39.0 Å². The van der Waals surface area contributed by atoms with Crippen molar-refractivity contribution in [2.45, 2.75) is 86.9 Å². The van der Waals surface area contributed by atoms with Crippen molar-refractivity contribution in [1.29, 1.82) is 0 Å². The topological polar surface area (TPSA) is 119 Å². The molecule has 0 unspecified atom stereocenters. The Hall–Kier alpha value is -5.72. The normalized spacial score (nSPS) is 11.4. The number of likely N-dealkylation sites (N-methyl/N-ethyl adjacent to an activating group) is 2. The Labute approximate surface area is 343 Å². The van der Waals surface area contributed by atoms with Crippen molar-refractivity contribution in [3.8, 4) is 34.0 Å². The van der Waals surface area contributed by atoms with Gasteiger partial charge in [-0.05, 0) is 128 Å². The van der Waals surface area contributed by atoms with E-state index < -0.39 is 0 Å². The summed E-state index contributed by atoms with van der Waals surface area (Å²) in [5.41, 5.74) is 10.0. The van der Waals surface area contributed by atoms with Gasteiger partial charge >= 0.3 is 0 Å². The van der Waals surface area contributed by atoms with E-state index in [0.717, 1.165) is 86.4 Å². The SMILES string of the molecule is [B]CCc1cc(C)nc2c(CC(=O)N(CC)CC)c(-c3ccc(OCCCCOc4ccc(-c5nn6c(C)cc(C)nc6c5CC(=O)N(CC)CC)cc4)cc3)nn12. The van der Waals surface area contributed by atoms with E-state index in [1.165, 1.54) is 0 Å². The first kappa shape index (κ1) is 41.9. The number of rotatable bonds is 19. The second kappa shape index (κ2) is 19.2. The molecule has 13 heteroatoms. The molecule has 12 nitrogen and oxygen atoms in total. The summed E-state index contributed by atoms with van der Waals surface area (Å²) in [7, 11) is 5.94. The number of nitrogens with zero attached hydrogens (tertiary/aromatic N) is 8. The predicted octanol–water partition coefficient (Wildman–Crippen LogP) is 7.22. The summed E-state index contributed by atoms with van der Waals surface area (Å²) in [6.45, 7) is 17.6. The van der Waals surface area contributed by atoms with Crippen LogP contribution < -0.4 is 9.47 Å². The van der Waals surface area contributed by atoms with E-state index >= 15 is 0 Å². The number of carbonyl (C=O) groups excluding carboxylic acids is 2. The minimum Gasteiger partial charge on any atom is -0.494 e. The van der Waals surface area contributed by atoms with E-state index in [4.69, 9.17) is 37.5 Å². The number of ether oxygens (including phenoxy) is 2. The zero-order valence-corrected chi connectivity index (χ0v) is 35.0. The number of hydrogen-bond acceptors (Lipinski definition) is 8. The third kappa shape index (κ3) is 9.35. The molecule has 0 fully saturated rings. The summed E-state index contributed by atoms with van der Waals surface area (Å²) in [5.74, 6) is 1.63. The van der Waals surface area contributed by atoms with E-state index in [-0.39, 0.29) is 24.7 Å². The van der Waals surface area contributed by atoms with Crippen molar-refractivity contribution in [3.05, 3.63) is 94.6 Å². The molecule has 302 valence electrons. The lowest BCUT2D eigenvalue weighted by Crippen LogP contribution is -2.31. The molecule has 2 amide bonds. The highest BCUT2D eigenvalue weighted by Gasteiger charge is 2.24. The number of benzene rings is 2. The molecule has 0 aliphatic carbocycles. The van der Waals surface area contributed by atoms with Crippen molar-refractivity contribution in [2.24, 2.45) is 0 Å². The van der Waals surface area contributed by atoms with E-state index in [0.29, 0.717) is 57.8 Å². The van der Waals surface area contributed by atoms with Gasteiger partial charge in [-0.2, -0.15) is 10.2 Å². The lowest BCUT2D eigenvalue weighted by Gasteiger charge is -2.18. The largest absolute Gasteiger partial charge is 0.494 e. The smallest absolute Gasteiger partial charge is 0.227 e. The van der Waals surface area contributed by atoms with Crippen molar-refractivity contribution in [3.63, 3.8) is 0 Å². The Morgan fingerprint density at radius 1 is 0.638 bits per heavy atom. The van der Waals surface area contributed by atoms with Gasteiger partial charge in [0, 0.05) is 71.2 Å². The minimum atomic E-state index is 0.0473. The van der Waals surface area contributed by atoms with Gasteiger partial charge in [-0.1, -0.05) is 6.32 Å². The van der Waals surface area contributed by atoms with E-state index in [9.17, 15) is 9.59 Å². The lowest BCUT2D eigenvalue weighted by atomic mass is 10.00. The number of amides is 2. The maximum Gasteiger partial charge on any atom is 0.227 e. The number of fused-ring (bicyclic) bond motifs is 2. The fraction of sp³-hybridized carbons (Fsp3) is 0.422. The summed E-state index contributed by atoms with van der Waals surface area (Å²) in [6, 6.07) is 19.7. The van der Waals surface area contributed by atoms with Crippen LogP contribution in [0.1, 0.15) is 74.4 Å². The minimum absolute atomic E-state index is 0.0473. The number of aryl methyl sites for hydroxylation is 4. The van der Waals surface area contributed by atoms with Gasteiger partial charge in [0.2, 0.25) is 11.8 Å². The van der Waals surface area contributed by atoms with Gasteiger partial charge in [0.1, 0.15) is 11.5 Å². The fourth-order valence-electron chi connectivity index (χ4n) is 7.42. The molecule has 0 bridgehead atoms. The van der Waals surface area contributed by atoms with Gasteiger partial charge in [0.15, 0.2) is 11.3 Å². The van der Waals surface area contributed by atoms with Crippen molar-refractivity contribution >= 4 is 31.0 Å². The van der Waals surface area contributed by atoms with Crippen LogP contribution in [-0.2, 0) is 28.9 Å². The third-order valence-corrected chi connectivity index (χ3v) is 10.5. The predicted molar refractivity (Wildman–Crippen MR) is 229 cm³/mol. The van der Waals surface area contributed by atoms with Crippen LogP contribution in [0.5, 0.6) is 11.5 Å². The first-order valence-corrected chi connectivity index (χ1v) is 20.5.